The fourth-order valence-electron chi connectivity index (χ4n) is 1.78. The summed E-state index contributed by atoms with van der Waals surface area (Å²) in [6.07, 6.45) is 1.05. The number of benzene rings is 1. The third kappa shape index (κ3) is 2.79. The maximum absolute atomic E-state index is 12.9. The third-order valence-electron chi connectivity index (χ3n) is 2.75. The molecule has 0 bridgehead atoms. The van der Waals surface area contributed by atoms with Gasteiger partial charge in [-0.1, -0.05) is 24.6 Å². The average molecular weight is 283 g/mol. The van der Waals surface area contributed by atoms with Crippen molar-refractivity contribution < 1.29 is 9.18 Å². The predicted molar refractivity (Wildman–Crippen MR) is 73.1 cm³/mol. The summed E-state index contributed by atoms with van der Waals surface area (Å²) in [5.74, 6) is -0.350. The molecular weight excluding hydrogens is 271 g/mol. The Kier molecular flexibility index (Phi) is 4.15. The van der Waals surface area contributed by atoms with Gasteiger partial charge in [-0.25, -0.2) is 4.39 Å². The van der Waals surface area contributed by atoms with Gasteiger partial charge in [-0.15, -0.1) is 11.3 Å². The number of carbonyl (C=O) groups excluding carboxylic acids is 1. The maximum atomic E-state index is 12.9. The highest BCUT2D eigenvalue weighted by Gasteiger charge is 2.14. The standard InChI is InChI=1S/C14H12ClFOS/c1-2-9-5-6-18-14(9)13(17)7-10-3-4-11(16)8-12(10)15/h3-6,8H,2,7H2,1H3. The van der Waals surface area contributed by atoms with E-state index < -0.39 is 0 Å². The fraction of sp³-hybridized carbons (Fsp3) is 0.214. The van der Waals surface area contributed by atoms with Crippen LogP contribution in [0.4, 0.5) is 4.39 Å². The molecule has 0 atom stereocenters. The van der Waals surface area contributed by atoms with Gasteiger partial charge in [0, 0.05) is 11.4 Å². The summed E-state index contributed by atoms with van der Waals surface area (Å²) in [6, 6.07) is 6.09. The zero-order chi connectivity index (χ0) is 13.1. The molecule has 0 aliphatic carbocycles. The quantitative estimate of drug-likeness (QED) is 0.753. The third-order valence-corrected chi connectivity index (χ3v) is 4.10. The SMILES string of the molecule is CCc1ccsc1C(=O)Cc1ccc(F)cc1Cl. The van der Waals surface area contributed by atoms with E-state index in [1.807, 2.05) is 18.4 Å². The molecule has 2 rings (SSSR count). The molecular formula is C14H12ClFOS. The number of halogens is 2. The van der Waals surface area contributed by atoms with Crippen LogP contribution >= 0.6 is 22.9 Å². The van der Waals surface area contributed by atoms with Gasteiger partial charge in [-0.3, -0.25) is 4.79 Å². The summed E-state index contributed by atoms with van der Waals surface area (Å²) in [5.41, 5.74) is 1.72. The largest absolute Gasteiger partial charge is 0.293 e. The van der Waals surface area contributed by atoms with Crippen LogP contribution in [0.1, 0.15) is 27.7 Å². The van der Waals surface area contributed by atoms with Gasteiger partial charge in [0.05, 0.1) is 4.88 Å². The van der Waals surface area contributed by atoms with Crippen molar-refractivity contribution in [1.29, 1.82) is 0 Å². The smallest absolute Gasteiger partial charge is 0.177 e. The highest BCUT2D eigenvalue weighted by molar-refractivity contribution is 7.12. The van der Waals surface area contributed by atoms with Crippen molar-refractivity contribution in [2.75, 3.05) is 0 Å². The van der Waals surface area contributed by atoms with Gasteiger partial charge in [-0.2, -0.15) is 0 Å². The van der Waals surface area contributed by atoms with Gasteiger partial charge in [0.1, 0.15) is 5.82 Å². The zero-order valence-electron chi connectivity index (χ0n) is 9.87. The van der Waals surface area contributed by atoms with Gasteiger partial charge in [0.2, 0.25) is 0 Å². The van der Waals surface area contributed by atoms with Gasteiger partial charge < -0.3 is 0 Å². The lowest BCUT2D eigenvalue weighted by molar-refractivity contribution is 0.0996. The van der Waals surface area contributed by atoms with Crippen molar-refractivity contribution in [1.82, 2.24) is 0 Å². The molecule has 0 N–H and O–H groups in total. The second-order valence-corrected chi connectivity index (χ2v) is 5.29. The van der Waals surface area contributed by atoms with E-state index in [4.69, 9.17) is 11.6 Å². The van der Waals surface area contributed by atoms with Gasteiger partial charge in [0.25, 0.3) is 0 Å². The van der Waals surface area contributed by atoms with E-state index in [9.17, 15) is 9.18 Å². The second kappa shape index (κ2) is 5.63. The van der Waals surface area contributed by atoms with Gasteiger partial charge in [-0.05, 0) is 41.1 Å². The Hall–Kier alpha value is -1.19. The van der Waals surface area contributed by atoms with E-state index in [1.165, 1.54) is 23.5 Å². The second-order valence-electron chi connectivity index (χ2n) is 3.96. The highest BCUT2D eigenvalue weighted by atomic mass is 35.5. The molecule has 4 heteroatoms. The summed E-state index contributed by atoms with van der Waals surface area (Å²) >= 11 is 7.36. The zero-order valence-corrected chi connectivity index (χ0v) is 11.4. The molecule has 0 amide bonds. The first kappa shape index (κ1) is 13.2. The minimum absolute atomic E-state index is 0.0374. The van der Waals surface area contributed by atoms with Crippen molar-refractivity contribution in [2.24, 2.45) is 0 Å². The van der Waals surface area contributed by atoms with Crippen molar-refractivity contribution in [2.45, 2.75) is 19.8 Å². The monoisotopic (exact) mass is 282 g/mol. The molecule has 0 radical (unpaired) electrons. The number of carbonyl (C=O) groups is 1. The van der Waals surface area contributed by atoms with Crippen LogP contribution in [-0.2, 0) is 12.8 Å². The average Bonchev–Trinajstić information content (AvgIpc) is 2.81. The van der Waals surface area contributed by atoms with E-state index in [0.717, 1.165) is 16.9 Å². The molecule has 0 saturated carbocycles. The van der Waals surface area contributed by atoms with E-state index >= 15 is 0 Å². The Morgan fingerprint density at radius 1 is 1.33 bits per heavy atom. The Labute approximate surface area is 114 Å². The topological polar surface area (TPSA) is 17.1 Å². The van der Waals surface area contributed by atoms with E-state index in [0.29, 0.717) is 10.6 Å². The molecule has 1 aromatic carbocycles. The molecule has 0 unspecified atom stereocenters. The maximum Gasteiger partial charge on any atom is 0.177 e. The number of hydrogen-bond acceptors (Lipinski definition) is 2. The van der Waals surface area contributed by atoms with E-state index in [1.54, 1.807) is 6.07 Å². The molecule has 0 saturated heterocycles. The Bertz CT molecular complexity index is 577. The van der Waals surface area contributed by atoms with Crippen LogP contribution in [0.25, 0.3) is 0 Å². The number of ketones is 1. The van der Waals surface area contributed by atoms with Crippen molar-refractivity contribution in [3.8, 4) is 0 Å². The Balaban J connectivity index is 2.21. The molecule has 0 aliphatic heterocycles. The molecule has 18 heavy (non-hydrogen) atoms. The summed E-state index contributed by atoms with van der Waals surface area (Å²) in [6.45, 7) is 2.02. The first-order chi connectivity index (χ1) is 8.61. The number of thiophene rings is 1. The van der Waals surface area contributed by atoms with Crippen LogP contribution in [0.5, 0.6) is 0 Å². The molecule has 94 valence electrons. The predicted octanol–water partition coefficient (Wildman–Crippen LogP) is 4.53. The number of Topliss-reactive ketones (excluding diaryl/α,β-unsaturated/α-hetero) is 1. The molecule has 0 fully saturated rings. The molecule has 2 aromatic rings. The van der Waals surface area contributed by atoms with E-state index in [2.05, 4.69) is 0 Å². The van der Waals surface area contributed by atoms with Crippen molar-refractivity contribution in [3.63, 3.8) is 0 Å². The molecule has 0 spiro atoms. The summed E-state index contributed by atoms with van der Waals surface area (Å²) in [5, 5.41) is 2.22. The summed E-state index contributed by atoms with van der Waals surface area (Å²) in [7, 11) is 0. The molecule has 1 aromatic heterocycles. The number of aryl methyl sites for hydroxylation is 1. The first-order valence-electron chi connectivity index (χ1n) is 5.65. The van der Waals surface area contributed by atoms with Crippen LogP contribution in [0.2, 0.25) is 5.02 Å². The molecule has 1 heterocycles. The highest BCUT2D eigenvalue weighted by Crippen LogP contribution is 2.23. The van der Waals surface area contributed by atoms with Crippen LogP contribution in [-0.4, -0.2) is 5.78 Å². The number of hydrogen-bond donors (Lipinski definition) is 0. The lowest BCUT2D eigenvalue weighted by Crippen LogP contribution is -2.04. The van der Waals surface area contributed by atoms with Gasteiger partial charge in [0.15, 0.2) is 5.78 Å². The molecule has 1 nitrogen and oxygen atoms in total. The minimum atomic E-state index is -0.387. The van der Waals surface area contributed by atoms with Crippen LogP contribution in [0.3, 0.4) is 0 Å². The normalized spacial score (nSPS) is 10.6. The number of rotatable bonds is 4. The van der Waals surface area contributed by atoms with Crippen LogP contribution in [0, 0.1) is 5.82 Å². The minimum Gasteiger partial charge on any atom is -0.293 e. The Morgan fingerprint density at radius 2 is 2.11 bits per heavy atom. The van der Waals surface area contributed by atoms with Crippen molar-refractivity contribution >= 4 is 28.7 Å². The Morgan fingerprint density at radius 3 is 2.78 bits per heavy atom. The van der Waals surface area contributed by atoms with Crippen LogP contribution in [0.15, 0.2) is 29.6 Å². The lowest BCUT2D eigenvalue weighted by atomic mass is 10.0. The lowest BCUT2D eigenvalue weighted by Gasteiger charge is -2.04. The fourth-order valence-corrected chi connectivity index (χ4v) is 2.95. The van der Waals surface area contributed by atoms with Crippen molar-refractivity contribution in [3.05, 3.63) is 56.5 Å². The molecule has 0 aliphatic rings. The van der Waals surface area contributed by atoms with E-state index in [-0.39, 0.29) is 18.0 Å². The summed E-state index contributed by atoms with van der Waals surface area (Å²) < 4.78 is 12.9. The summed E-state index contributed by atoms with van der Waals surface area (Å²) in [4.78, 5) is 12.9. The van der Waals surface area contributed by atoms with Crippen LogP contribution < -0.4 is 0 Å². The first-order valence-corrected chi connectivity index (χ1v) is 6.91. The van der Waals surface area contributed by atoms with Gasteiger partial charge >= 0.3 is 0 Å².